The van der Waals surface area contributed by atoms with Crippen molar-refractivity contribution in [1.29, 1.82) is 0 Å². The first kappa shape index (κ1) is 16.4. The van der Waals surface area contributed by atoms with Crippen molar-refractivity contribution >= 4 is 12.0 Å². The van der Waals surface area contributed by atoms with Crippen LogP contribution in [0, 0.1) is 0 Å². The van der Waals surface area contributed by atoms with Gasteiger partial charge in [-0.3, -0.25) is 0 Å². The number of carbonyl (C=O) groups is 2. The van der Waals surface area contributed by atoms with Crippen LogP contribution in [0.5, 0.6) is 0 Å². The fourth-order valence-corrected chi connectivity index (χ4v) is 1.18. The summed E-state index contributed by atoms with van der Waals surface area (Å²) in [6, 6.07) is -0.343. The van der Waals surface area contributed by atoms with Crippen LogP contribution < -0.4 is 5.32 Å². The molecular weight excluding hydrogens is 240 g/mol. The molecule has 7 heteroatoms. The number of amides is 2. The minimum absolute atomic E-state index is 0.0344. The zero-order valence-electron chi connectivity index (χ0n) is 10.5. The van der Waals surface area contributed by atoms with Crippen molar-refractivity contribution in [2.24, 2.45) is 0 Å². The molecule has 0 aromatic heterocycles. The molecule has 1 unspecified atom stereocenters. The summed E-state index contributed by atoms with van der Waals surface area (Å²) in [5, 5.41) is 20.0. The van der Waals surface area contributed by atoms with Gasteiger partial charge in [-0.15, -0.1) is 6.58 Å². The maximum atomic E-state index is 11.7. The number of urea groups is 1. The normalized spacial score (nSPS) is 11.7. The van der Waals surface area contributed by atoms with Crippen LogP contribution in [0.3, 0.4) is 0 Å². The zero-order chi connectivity index (χ0) is 14.0. The molecule has 0 rings (SSSR count). The van der Waals surface area contributed by atoms with E-state index in [0.29, 0.717) is 19.7 Å². The summed E-state index contributed by atoms with van der Waals surface area (Å²) in [5.41, 5.74) is 0. The Balaban J connectivity index is 4.01. The van der Waals surface area contributed by atoms with E-state index in [1.807, 2.05) is 0 Å². The van der Waals surface area contributed by atoms with Crippen LogP contribution in [0.4, 0.5) is 4.79 Å². The van der Waals surface area contributed by atoms with Gasteiger partial charge in [0.2, 0.25) is 0 Å². The van der Waals surface area contributed by atoms with Gasteiger partial charge in [0.15, 0.2) is 6.10 Å². The summed E-state index contributed by atoms with van der Waals surface area (Å²) in [5.74, 6) is -1.30. The van der Waals surface area contributed by atoms with Gasteiger partial charge in [0.1, 0.15) is 0 Å². The second-order valence-electron chi connectivity index (χ2n) is 3.60. The van der Waals surface area contributed by atoms with Gasteiger partial charge < -0.3 is 25.2 Å². The third-order valence-electron chi connectivity index (χ3n) is 2.18. The highest BCUT2D eigenvalue weighted by Gasteiger charge is 2.15. The van der Waals surface area contributed by atoms with Crippen molar-refractivity contribution in [3.63, 3.8) is 0 Å². The molecule has 0 aliphatic rings. The number of aliphatic hydroxyl groups excluding tert-OH is 1. The van der Waals surface area contributed by atoms with Crippen molar-refractivity contribution in [2.45, 2.75) is 12.5 Å². The third-order valence-corrected chi connectivity index (χ3v) is 2.18. The van der Waals surface area contributed by atoms with Gasteiger partial charge in [0, 0.05) is 33.2 Å². The highest BCUT2D eigenvalue weighted by Crippen LogP contribution is 1.93. The highest BCUT2D eigenvalue weighted by molar-refractivity contribution is 5.75. The van der Waals surface area contributed by atoms with Gasteiger partial charge in [-0.2, -0.15) is 0 Å². The standard InChI is InChI=1S/C11H20N2O5/c1-3-6-13(7-8-18-2)11(17)12-5-4-9(14)10(15)16/h3,9,14H,1,4-8H2,2H3,(H,12,17)(H,15,16). The highest BCUT2D eigenvalue weighted by atomic mass is 16.5. The first-order valence-electron chi connectivity index (χ1n) is 5.56. The number of carbonyl (C=O) groups excluding carboxylic acids is 1. The molecule has 0 heterocycles. The minimum atomic E-state index is -1.46. The second kappa shape index (κ2) is 9.43. The summed E-state index contributed by atoms with van der Waals surface area (Å²) in [6.07, 6.45) is 0.0892. The molecule has 0 bridgehead atoms. The molecule has 0 aromatic rings. The molecule has 0 radical (unpaired) electrons. The Labute approximate surface area is 106 Å². The van der Waals surface area contributed by atoms with E-state index >= 15 is 0 Å². The van der Waals surface area contributed by atoms with Gasteiger partial charge in [0.05, 0.1) is 6.61 Å². The Bertz CT molecular complexity index is 283. The summed E-state index contributed by atoms with van der Waals surface area (Å²) in [4.78, 5) is 23.5. The molecule has 104 valence electrons. The van der Waals surface area contributed by atoms with Crippen LogP contribution in [0.25, 0.3) is 0 Å². The van der Waals surface area contributed by atoms with Crippen LogP contribution in [-0.2, 0) is 9.53 Å². The molecule has 0 spiro atoms. The quantitative estimate of drug-likeness (QED) is 0.493. The maximum absolute atomic E-state index is 11.7. The van der Waals surface area contributed by atoms with Crippen LogP contribution in [0.1, 0.15) is 6.42 Å². The topological polar surface area (TPSA) is 99.1 Å². The van der Waals surface area contributed by atoms with E-state index in [0.717, 1.165) is 0 Å². The number of methoxy groups -OCH3 is 1. The summed E-state index contributed by atoms with van der Waals surface area (Å²) in [6.45, 7) is 4.82. The van der Waals surface area contributed by atoms with E-state index in [1.165, 1.54) is 12.0 Å². The fourth-order valence-electron chi connectivity index (χ4n) is 1.18. The number of ether oxygens (including phenoxy) is 1. The first-order valence-corrected chi connectivity index (χ1v) is 5.56. The molecule has 2 amide bonds. The summed E-state index contributed by atoms with van der Waals surface area (Å²) < 4.78 is 4.87. The molecule has 7 nitrogen and oxygen atoms in total. The number of nitrogens with zero attached hydrogens (tertiary/aromatic N) is 1. The van der Waals surface area contributed by atoms with Gasteiger partial charge >= 0.3 is 12.0 Å². The number of hydrogen-bond donors (Lipinski definition) is 3. The van der Waals surface area contributed by atoms with E-state index in [2.05, 4.69) is 11.9 Å². The van der Waals surface area contributed by atoms with Gasteiger partial charge in [-0.05, 0) is 0 Å². The first-order chi connectivity index (χ1) is 8.52. The van der Waals surface area contributed by atoms with Crippen LogP contribution in [0.15, 0.2) is 12.7 Å². The Morgan fingerprint density at radius 2 is 2.22 bits per heavy atom. The number of aliphatic hydroxyl groups is 1. The lowest BCUT2D eigenvalue weighted by atomic mass is 10.2. The van der Waals surface area contributed by atoms with Crippen LogP contribution in [-0.4, -0.2) is 66.6 Å². The number of rotatable bonds is 9. The van der Waals surface area contributed by atoms with Gasteiger partial charge in [-0.25, -0.2) is 9.59 Å². The Kier molecular flexibility index (Phi) is 8.59. The summed E-state index contributed by atoms with van der Waals surface area (Å²) in [7, 11) is 1.53. The van der Waals surface area contributed by atoms with Crippen molar-refractivity contribution in [2.75, 3.05) is 33.4 Å². The van der Waals surface area contributed by atoms with Gasteiger partial charge in [0.25, 0.3) is 0 Å². The molecule has 0 fully saturated rings. The van der Waals surface area contributed by atoms with E-state index in [4.69, 9.17) is 14.9 Å². The molecule has 3 N–H and O–H groups in total. The Morgan fingerprint density at radius 1 is 1.56 bits per heavy atom. The van der Waals surface area contributed by atoms with Crippen molar-refractivity contribution in [3.8, 4) is 0 Å². The average Bonchev–Trinajstić information content (AvgIpc) is 2.33. The van der Waals surface area contributed by atoms with E-state index < -0.39 is 12.1 Å². The lowest BCUT2D eigenvalue weighted by Crippen LogP contribution is -2.42. The van der Waals surface area contributed by atoms with E-state index in [-0.39, 0.29) is 19.0 Å². The Morgan fingerprint density at radius 3 is 2.72 bits per heavy atom. The van der Waals surface area contributed by atoms with E-state index in [1.54, 1.807) is 6.08 Å². The monoisotopic (exact) mass is 260 g/mol. The number of nitrogens with one attached hydrogen (secondary N) is 1. The molecule has 0 saturated carbocycles. The summed E-state index contributed by atoms with van der Waals surface area (Å²) >= 11 is 0. The van der Waals surface area contributed by atoms with Crippen molar-refractivity contribution < 1.29 is 24.5 Å². The maximum Gasteiger partial charge on any atom is 0.332 e. The lowest BCUT2D eigenvalue weighted by Gasteiger charge is -2.21. The predicted molar refractivity (Wildman–Crippen MR) is 65.3 cm³/mol. The van der Waals surface area contributed by atoms with E-state index in [9.17, 15) is 9.59 Å². The van der Waals surface area contributed by atoms with Gasteiger partial charge in [-0.1, -0.05) is 6.08 Å². The Hall–Kier alpha value is -1.60. The third kappa shape index (κ3) is 6.87. The van der Waals surface area contributed by atoms with Crippen molar-refractivity contribution in [1.82, 2.24) is 10.2 Å². The smallest absolute Gasteiger partial charge is 0.332 e. The zero-order valence-corrected chi connectivity index (χ0v) is 10.5. The number of hydrogen-bond acceptors (Lipinski definition) is 4. The predicted octanol–water partition coefficient (Wildman–Crippen LogP) is -0.334. The molecule has 0 aliphatic carbocycles. The minimum Gasteiger partial charge on any atom is -0.479 e. The average molecular weight is 260 g/mol. The molecule has 0 aliphatic heterocycles. The largest absolute Gasteiger partial charge is 0.479 e. The number of aliphatic carboxylic acids is 1. The van der Waals surface area contributed by atoms with Crippen molar-refractivity contribution in [3.05, 3.63) is 12.7 Å². The number of carboxylic acids is 1. The molecule has 1 atom stereocenters. The molecule has 18 heavy (non-hydrogen) atoms. The van der Waals surface area contributed by atoms with Crippen LogP contribution >= 0.6 is 0 Å². The van der Waals surface area contributed by atoms with Crippen LogP contribution in [0.2, 0.25) is 0 Å². The number of carboxylic acid groups (broad SMARTS) is 1. The molecule has 0 aromatic carbocycles. The SMILES string of the molecule is C=CCN(CCOC)C(=O)NCCC(O)C(=O)O. The second-order valence-corrected chi connectivity index (χ2v) is 3.60. The lowest BCUT2D eigenvalue weighted by molar-refractivity contribution is -0.146. The fraction of sp³-hybridized carbons (Fsp3) is 0.636. The molecular formula is C11H20N2O5. The molecule has 0 saturated heterocycles.